The van der Waals surface area contributed by atoms with Crippen molar-refractivity contribution < 1.29 is 14.3 Å². The molecule has 0 aliphatic heterocycles. The highest BCUT2D eigenvalue weighted by Gasteiger charge is 2.23. The highest BCUT2D eigenvalue weighted by atomic mass is 16.5. The van der Waals surface area contributed by atoms with Crippen molar-refractivity contribution in [2.75, 3.05) is 6.61 Å². The quantitative estimate of drug-likeness (QED) is 0.435. The molecular weight excluding hydrogens is 204 g/mol. The number of benzene rings is 1. The third-order valence-corrected chi connectivity index (χ3v) is 2.25. The summed E-state index contributed by atoms with van der Waals surface area (Å²) in [4.78, 5) is 23.3. The summed E-state index contributed by atoms with van der Waals surface area (Å²) in [6.07, 6.45) is 0.762. The van der Waals surface area contributed by atoms with E-state index in [4.69, 9.17) is 4.74 Å². The van der Waals surface area contributed by atoms with E-state index >= 15 is 0 Å². The maximum absolute atomic E-state index is 11.8. The number of ketones is 1. The van der Waals surface area contributed by atoms with Crippen molar-refractivity contribution in [1.82, 2.24) is 0 Å². The van der Waals surface area contributed by atoms with Gasteiger partial charge in [0.1, 0.15) is 5.92 Å². The molecular formula is C13H16O3. The van der Waals surface area contributed by atoms with E-state index in [2.05, 4.69) is 0 Å². The molecule has 1 aromatic carbocycles. The minimum Gasteiger partial charge on any atom is -0.465 e. The third kappa shape index (κ3) is 3.19. The molecule has 0 amide bonds. The predicted octanol–water partition coefficient (Wildman–Crippen LogP) is 2.46. The van der Waals surface area contributed by atoms with E-state index in [1.54, 1.807) is 31.2 Å². The lowest BCUT2D eigenvalue weighted by atomic mass is 10.00. The Morgan fingerprint density at radius 1 is 1.25 bits per heavy atom. The molecule has 0 heterocycles. The summed E-state index contributed by atoms with van der Waals surface area (Å²) < 4.78 is 4.94. The van der Waals surface area contributed by atoms with Crippen LogP contribution < -0.4 is 0 Å². The van der Waals surface area contributed by atoms with Crippen molar-refractivity contribution in [3.63, 3.8) is 0 Å². The Kier molecular flexibility index (Phi) is 4.70. The zero-order valence-electron chi connectivity index (χ0n) is 9.60. The van der Waals surface area contributed by atoms with Gasteiger partial charge in [0, 0.05) is 5.56 Å². The molecule has 86 valence electrons. The van der Waals surface area contributed by atoms with Crippen LogP contribution >= 0.6 is 0 Å². The summed E-state index contributed by atoms with van der Waals surface area (Å²) in [5, 5.41) is 0. The molecule has 1 rings (SSSR count). The zero-order valence-corrected chi connectivity index (χ0v) is 9.60. The van der Waals surface area contributed by atoms with Crippen molar-refractivity contribution >= 4 is 11.8 Å². The van der Waals surface area contributed by atoms with Crippen LogP contribution in [0.25, 0.3) is 0 Å². The summed E-state index contributed by atoms with van der Waals surface area (Å²) in [6, 6.07) is 8.78. The molecule has 0 bridgehead atoms. The third-order valence-electron chi connectivity index (χ3n) is 2.25. The number of Topliss-reactive ketones (excluding diaryl/α,β-unsaturated/α-hetero) is 1. The van der Waals surface area contributed by atoms with Gasteiger partial charge in [0.2, 0.25) is 0 Å². The molecule has 0 aliphatic rings. The summed E-state index contributed by atoms with van der Waals surface area (Å²) in [5.41, 5.74) is 0.545. The molecule has 16 heavy (non-hydrogen) atoms. The van der Waals surface area contributed by atoms with Crippen molar-refractivity contribution in [3.8, 4) is 0 Å². The number of hydrogen-bond donors (Lipinski definition) is 0. The monoisotopic (exact) mass is 220 g/mol. The van der Waals surface area contributed by atoms with Crippen LogP contribution in [-0.2, 0) is 9.53 Å². The van der Waals surface area contributed by atoms with Crippen molar-refractivity contribution in [3.05, 3.63) is 35.9 Å². The highest BCUT2D eigenvalue weighted by molar-refractivity contribution is 6.08. The number of esters is 1. The van der Waals surface area contributed by atoms with E-state index in [1.807, 2.05) is 13.0 Å². The second-order valence-electron chi connectivity index (χ2n) is 3.62. The Balaban J connectivity index is 2.64. The minimum absolute atomic E-state index is 0.193. The minimum atomic E-state index is -0.728. The van der Waals surface area contributed by atoms with Gasteiger partial charge in [0.25, 0.3) is 0 Å². The Labute approximate surface area is 95.4 Å². The summed E-state index contributed by atoms with van der Waals surface area (Å²) in [6.45, 7) is 3.86. The SMILES string of the molecule is CCCOC(=O)C(C)C(=O)c1ccccc1. The molecule has 0 spiro atoms. The van der Waals surface area contributed by atoms with Crippen molar-refractivity contribution in [2.45, 2.75) is 20.3 Å². The van der Waals surface area contributed by atoms with E-state index in [1.165, 1.54) is 0 Å². The first-order valence-electron chi connectivity index (χ1n) is 5.42. The van der Waals surface area contributed by atoms with Crippen LogP contribution in [0.3, 0.4) is 0 Å². The number of ether oxygens (including phenoxy) is 1. The lowest BCUT2D eigenvalue weighted by Gasteiger charge is -2.09. The summed E-state index contributed by atoms with van der Waals surface area (Å²) >= 11 is 0. The standard InChI is InChI=1S/C13H16O3/c1-3-9-16-13(15)10(2)12(14)11-7-5-4-6-8-11/h4-8,10H,3,9H2,1-2H3. The van der Waals surface area contributed by atoms with Crippen LogP contribution in [0.1, 0.15) is 30.6 Å². The molecule has 0 saturated carbocycles. The van der Waals surface area contributed by atoms with Gasteiger partial charge in [0.05, 0.1) is 6.61 Å². The predicted molar refractivity (Wildman–Crippen MR) is 61.2 cm³/mol. The van der Waals surface area contributed by atoms with E-state index in [0.717, 1.165) is 6.42 Å². The molecule has 0 fully saturated rings. The van der Waals surface area contributed by atoms with Crippen LogP contribution in [0.2, 0.25) is 0 Å². The number of rotatable bonds is 5. The number of carbonyl (C=O) groups is 2. The van der Waals surface area contributed by atoms with Crippen molar-refractivity contribution in [1.29, 1.82) is 0 Å². The maximum Gasteiger partial charge on any atom is 0.316 e. The summed E-state index contributed by atoms with van der Waals surface area (Å²) in [5.74, 6) is -1.37. The first kappa shape index (κ1) is 12.4. The van der Waals surface area contributed by atoms with E-state index in [0.29, 0.717) is 12.2 Å². The molecule has 0 aliphatic carbocycles. The first-order chi connectivity index (χ1) is 7.66. The molecule has 1 unspecified atom stereocenters. The Morgan fingerprint density at radius 3 is 2.44 bits per heavy atom. The van der Waals surface area contributed by atoms with E-state index in [9.17, 15) is 9.59 Å². The van der Waals surface area contributed by atoms with Gasteiger partial charge in [-0.05, 0) is 13.3 Å². The van der Waals surface area contributed by atoms with Crippen LogP contribution in [0.4, 0.5) is 0 Å². The largest absolute Gasteiger partial charge is 0.465 e. The fraction of sp³-hybridized carbons (Fsp3) is 0.385. The van der Waals surface area contributed by atoms with Crippen LogP contribution in [-0.4, -0.2) is 18.4 Å². The van der Waals surface area contributed by atoms with E-state index < -0.39 is 11.9 Å². The Morgan fingerprint density at radius 2 is 1.88 bits per heavy atom. The second kappa shape index (κ2) is 6.05. The molecule has 3 nitrogen and oxygen atoms in total. The average molecular weight is 220 g/mol. The van der Waals surface area contributed by atoms with Gasteiger partial charge in [0.15, 0.2) is 5.78 Å². The number of carbonyl (C=O) groups excluding carboxylic acids is 2. The van der Waals surface area contributed by atoms with Gasteiger partial charge in [-0.1, -0.05) is 37.3 Å². The molecule has 3 heteroatoms. The second-order valence-corrected chi connectivity index (χ2v) is 3.62. The summed E-state index contributed by atoms with van der Waals surface area (Å²) in [7, 11) is 0. The molecule has 0 radical (unpaired) electrons. The van der Waals surface area contributed by atoms with Gasteiger partial charge in [-0.2, -0.15) is 0 Å². The van der Waals surface area contributed by atoms with E-state index in [-0.39, 0.29) is 5.78 Å². The average Bonchev–Trinajstić information content (AvgIpc) is 2.35. The topological polar surface area (TPSA) is 43.4 Å². The molecule has 0 N–H and O–H groups in total. The normalized spacial score (nSPS) is 11.9. The fourth-order valence-electron chi connectivity index (χ4n) is 1.29. The van der Waals surface area contributed by atoms with Gasteiger partial charge >= 0.3 is 5.97 Å². The van der Waals surface area contributed by atoms with Gasteiger partial charge in [-0.15, -0.1) is 0 Å². The molecule has 1 aromatic rings. The first-order valence-corrected chi connectivity index (χ1v) is 5.42. The Hall–Kier alpha value is -1.64. The zero-order chi connectivity index (χ0) is 12.0. The molecule has 1 atom stereocenters. The van der Waals surface area contributed by atoms with Gasteiger partial charge in [-0.3, -0.25) is 9.59 Å². The van der Waals surface area contributed by atoms with Crippen molar-refractivity contribution in [2.24, 2.45) is 5.92 Å². The van der Waals surface area contributed by atoms with Gasteiger partial charge < -0.3 is 4.74 Å². The van der Waals surface area contributed by atoms with Crippen LogP contribution in [0.15, 0.2) is 30.3 Å². The maximum atomic E-state index is 11.8. The van der Waals surface area contributed by atoms with Crippen LogP contribution in [0.5, 0.6) is 0 Å². The van der Waals surface area contributed by atoms with Gasteiger partial charge in [-0.25, -0.2) is 0 Å². The number of hydrogen-bond acceptors (Lipinski definition) is 3. The molecule has 0 aromatic heterocycles. The molecule has 0 saturated heterocycles. The van der Waals surface area contributed by atoms with Crippen LogP contribution in [0, 0.1) is 5.92 Å². The lowest BCUT2D eigenvalue weighted by molar-refractivity contribution is -0.146. The Bertz CT molecular complexity index is 357. The lowest BCUT2D eigenvalue weighted by Crippen LogP contribution is -2.23. The smallest absolute Gasteiger partial charge is 0.316 e. The fourth-order valence-corrected chi connectivity index (χ4v) is 1.29. The highest BCUT2D eigenvalue weighted by Crippen LogP contribution is 2.10.